The summed E-state index contributed by atoms with van der Waals surface area (Å²) in [7, 11) is 0. The lowest BCUT2D eigenvalue weighted by Gasteiger charge is -2.30. The molecule has 0 saturated heterocycles. The highest BCUT2D eigenvalue weighted by Gasteiger charge is 2.23. The number of anilines is 3. The van der Waals surface area contributed by atoms with Gasteiger partial charge in [-0.3, -0.25) is 9.78 Å². The summed E-state index contributed by atoms with van der Waals surface area (Å²) in [5.74, 6) is 0.654. The number of fused-ring (bicyclic) bond motifs is 1. The summed E-state index contributed by atoms with van der Waals surface area (Å²) in [5, 5.41) is 6.20. The van der Waals surface area contributed by atoms with E-state index >= 15 is 0 Å². The second-order valence-electron chi connectivity index (χ2n) is 3.54. The van der Waals surface area contributed by atoms with Crippen LogP contribution in [-0.4, -0.2) is 22.1 Å². The molecular formula is C8H13N5O. The molecule has 0 spiro atoms. The molecule has 2 heterocycles. The predicted molar refractivity (Wildman–Crippen MR) is 55.4 cm³/mol. The Morgan fingerprint density at radius 2 is 1.93 bits per heavy atom. The fourth-order valence-corrected chi connectivity index (χ4v) is 1.42. The maximum Gasteiger partial charge on any atom is 0.277 e. The van der Waals surface area contributed by atoms with Crippen LogP contribution in [0, 0.1) is 0 Å². The van der Waals surface area contributed by atoms with E-state index in [9.17, 15) is 4.79 Å². The fraction of sp³-hybridized carbons (Fsp3) is 0.500. The number of aromatic amines is 1. The molecule has 6 nitrogen and oxygen atoms in total. The van der Waals surface area contributed by atoms with Crippen LogP contribution in [0.5, 0.6) is 0 Å². The third kappa shape index (κ3) is 1.28. The van der Waals surface area contributed by atoms with Gasteiger partial charge in [0.15, 0.2) is 5.82 Å². The minimum atomic E-state index is -0.237. The van der Waals surface area contributed by atoms with E-state index in [1.54, 1.807) is 0 Å². The van der Waals surface area contributed by atoms with Crippen molar-refractivity contribution in [3.05, 3.63) is 10.4 Å². The molecule has 0 saturated carbocycles. The smallest absolute Gasteiger partial charge is 0.277 e. The first-order valence-electron chi connectivity index (χ1n) is 4.51. The van der Waals surface area contributed by atoms with Gasteiger partial charge in [-0.05, 0) is 13.8 Å². The summed E-state index contributed by atoms with van der Waals surface area (Å²) in [4.78, 5) is 17.9. The van der Waals surface area contributed by atoms with E-state index in [0.717, 1.165) is 0 Å². The summed E-state index contributed by atoms with van der Waals surface area (Å²) in [6.45, 7) is 4.01. The Bertz CT molecular complexity index is 413. The van der Waals surface area contributed by atoms with Crippen molar-refractivity contribution in [2.45, 2.75) is 25.9 Å². The summed E-state index contributed by atoms with van der Waals surface area (Å²) >= 11 is 0. The molecule has 1 aliphatic heterocycles. The quantitative estimate of drug-likeness (QED) is 0.466. The van der Waals surface area contributed by atoms with Gasteiger partial charge in [0.05, 0.1) is 0 Å². The van der Waals surface area contributed by atoms with E-state index in [1.165, 1.54) is 0 Å². The van der Waals surface area contributed by atoms with Crippen molar-refractivity contribution >= 4 is 17.5 Å². The van der Waals surface area contributed by atoms with E-state index in [0.29, 0.717) is 11.5 Å². The SMILES string of the molecule is C[C@@H]1Nc2nc(N)[nH]c(=O)c2N[C@H]1C. The van der Waals surface area contributed by atoms with Crippen LogP contribution in [-0.2, 0) is 0 Å². The number of aromatic nitrogens is 2. The summed E-state index contributed by atoms with van der Waals surface area (Å²) in [6.07, 6.45) is 0. The number of nitrogens with zero attached hydrogens (tertiary/aromatic N) is 1. The Kier molecular flexibility index (Phi) is 1.83. The van der Waals surface area contributed by atoms with Crippen molar-refractivity contribution in [2.24, 2.45) is 0 Å². The number of nitrogen functional groups attached to an aromatic ring is 1. The number of H-pyrrole nitrogens is 1. The molecule has 0 unspecified atom stereocenters. The van der Waals surface area contributed by atoms with Crippen molar-refractivity contribution < 1.29 is 0 Å². The van der Waals surface area contributed by atoms with Gasteiger partial charge in [-0.2, -0.15) is 4.98 Å². The first-order valence-corrected chi connectivity index (χ1v) is 4.51. The van der Waals surface area contributed by atoms with Gasteiger partial charge in [0.1, 0.15) is 5.69 Å². The average Bonchev–Trinajstić information content (AvgIpc) is 2.08. The zero-order chi connectivity index (χ0) is 10.3. The molecular weight excluding hydrogens is 182 g/mol. The molecule has 0 aliphatic carbocycles. The maximum absolute atomic E-state index is 11.5. The van der Waals surface area contributed by atoms with Crippen LogP contribution < -0.4 is 21.9 Å². The highest BCUT2D eigenvalue weighted by atomic mass is 16.1. The van der Waals surface area contributed by atoms with Crippen molar-refractivity contribution in [3.63, 3.8) is 0 Å². The third-order valence-corrected chi connectivity index (χ3v) is 2.42. The highest BCUT2D eigenvalue weighted by Crippen LogP contribution is 2.22. The van der Waals surface area contributed by atoms with E-state index in [2.05, 4.69) is 20.6 Å². The van der Waals surface area contributed by atoms with Crippen molar-refractivity contribution in [3.8, 4) is 0 Å². The Hall–Kier alpha value is -1.72. The van der Waals surface area contributed by atoms with Crippen LogP contribution in [0.1, 0.15) is 13.8 Å². The number of hydrogen-bond acceptors (Lipinski definition) is 5. The summed E-state index contributed by atoms with van der Waals surface area (Å²) in [6, 6.07) is 0.408. The van der Waals surface area contributed by atoms with Crippen molar-refractivity contribution in [2.75, 3.05) is 16.4 Å². The van der Waals surface area contributed by atoms with Gasteiger partial charge in [0, 0.05) is 12.1 Å². The molecule has 0 aromatic carbocycles. The van der Waals surface area contributed by atoms with E-state index in [1.807, 2.05) is 13.8 Å². The standard InChI is InChI=1S/C8H13N5O/c1-3-4(2)11-6-5(10-3)7(14)13-8(9)12-6/h3-4,10H,1-2H3,(H4,9,11,12,13,14)/t3-,4-/m0/s1. The first kappa shape index (κ1) is 8.86. The Morgan fingerprint density at radius 3 is 2.64 bits per heavy atom. The summed E-state index contributed by atoms with van der Waals surface area (Å²) in [5.41, 5.74) is 5.65. The zero-order valence-corrected chi connectivity index (χ0v) is 8.09. The van der Waals surface area contributed by atoms with Crippen LogP contribution in [0.25, 0.3) is 0 Å². The van der Waals surface area contributed by atoms with Gasteiger partial charge in [-0.15, -0.1) is 0 Å². The van der Waals surface area contributed by atoms with Crippen LogP contribution in [0.4, 0.5) is 17.5 Å². The van der Waals surface area contributed by atoms with Gasteiger partial charge < -0.3 is 16.4 Å². The van der Waals surface area contributed by atoms with Gasteiger partial charge in [0.25, 0.3) is 5.56 Å². The largest absolute Gasteiger partial charge is 0.373 e. The molecule has 2 atom stereocenters. The molecule has 1 aromatic rings. The Labute approximate surface area is 80.9 Å². The van der Waals surface area contributed by atoms with Crippen LogP contribution in [0.2, 0.25) is 0 Å². The molecule has 2 rings (SSSR count). The molecule has 0 fully saturated rings. The van der Waals surface area contributed by atoms with Gasteiger partial charge in [-0.1, -0.05) is 0 Å². The molecule has 76 valence electrons. The lowest BCUT2D eigenvalue weighted by atomic mass is 10.1. The minimum Gasteiger partial charge on any atom is -0.373 e. The second-order valence-corrected chi connectivity index (χ2v) is 3.54. The second kappa shape index (κ2) is 2.90. The van der Waals surface area contributed by atoms with Gasteiger partial charge >= 0.3 is 0 Å². The third-order valence-electron chi connectivity index (χ3n) is 2.42. The van der Waals surface area contributed by atoms with Crippen molar-refractivity contribution in [1.29, 1.82) is 0 Å². The minimum absolute atomic E-state index is 0.129. The number of rotatable bonds is 0. The van der Waals surface area contributed by atoms with Crippen LogP contribution in [0.3, 0.4) is 0 Å². The molecule has 14 heavy (non-hydrogen) atoms. The lowest BCUT2D eigenvalue weighted by molar-refractivity contribution is 0.656. The fourth-order valence-electron chi connectivity index (χ4n) is 1.42. The zero-order valence-electron chi connectivity index (χ0n) is 8.09. The van der Waals surface area contributed by atoms with Crippen LogP contribution in [0.15, 0.2) is 4.79 Å². The predicted octanol–water partition coefficient (Wildman–Crippen LogP) is -0.0335. The molecule has 0 radical (unpaired) electrons. The normalized spacial score (nSPS) is 24.7. The number of nitrogens with one attached hydrogen (secondary N) is 3. The van der Waals surface area contributed by atoms with E-state index in [4.69, 9.17) is 5.73 Å². The molecule has 1 aliphatic rings. The number of nitrogens with two attached hydrogens (primary N) is 1. The first-order chi connectivity index (χ1) is 6.58. The molecule has 5 N–H and O–H groups in total. The topological polar surface area (TPSA) is 95.8 Å². The number of hydrogen-bond donors (Lipinski definition) is 4. The monoisotopic (exact) mass is 195 g/mol. The van der Waals surface area contributed by atoms with E-state index in [-0.39, 0.29) is 23.6 Å². The molecule has 0 bridgehead atoms. The Morgan fingerprint density at radius 1 is 1.29 bits per heavy atom. The lowest BCUT2D eigenvalue weighted by Crippen LogP contribution is -2.41. The highest BCUT2D eigenvalue weighted by molar-refractivity contribution is 5.67. The van der Waals surface area contributed by atoms with Gasteiger partial charge in [0.2, 0.25) is 5.95 Å². The maximum atomic E-state index is 11.5. The van der Waals surface area contributed by atoms with Crippen molar-refractivity contribution in [1.82, 2.24) is 9.97 Å². The average molecular weight is 195 g/mol. The molecule has 0 amide bonds. The Balaban J connectivity index is 2.52. The summed E-state index contributed by atoms with van der Waals surface area (Å²) < 4.78 is 0. The van der Waals surface area contributed by atoms with E-state index < -0.39 is 0 Å². The molecule has 1 aromatic heterocycles. The van der Waals surface area contributed by atoms with Crippen LogP contribution >= 0.6 is 0 Å². The molecule has 6 heteroatoms. The van der Waals surface area contributed by atoms with Gasteiger partial charge in [-0.25, -0.2) is 0 Å².